The number of halogens is 1. The van der Waals surface area contributed by atoms with E-state index in [1.165, 1.54) is 12.0 Å². The number of carbonyl (C=O) groups excluding carboxylic acids is 4. The van der Waals surface area contributed by atoms with Crippen LogP contribution in [-0.4, -0.2) is 99.9 Å². The normalized spacial score (nSPS) is 27.7. The fourth-order valence-electron chi connectivity index (χ4n) is 8.37. The molecule has 3 aromatic rings. The molecule has 3 aromatic carbocycles. The first-order valence-corrected chi connectivity index (χ1v) is 20.2. The van der Waals surface area contributed by atoms with Gasteiger partial charge in [0.2, 0.25) is 17.6 Å². The molecule has 7 rings (SSSR count). The third-order valence-corrected chi connectivity index (χ3v) is 11.5. The SMILES string of the molecule is CC(O)C(NC(=O)C12CC3OC(=O)C1N(Cc1cccc(I)c1)OC2C1OC(c2ccccc2)(c2ccccc2)OC31)C(=O)NC(CO)CCC(=O)OC(C)(C)C. The zero-order valence-electron chi connectivity index (χ0n) is 32.1. The number of amides is 2. The predicted octanol–water partition coefficient (Wildman–Crippen LogP) is 3.24. The maximum atomic E-state index is 15.1. The molecule has 14 nitrogen and oxygen atoms in total. The summed E-state index contributed by atoms with van der Waals surface area (Å²) in [6.45, 7) is 6.16. The largest absolute Gasteiger partial charge is 0.460 e. The monoisotopic (exact) mass is 897 g/mol. The van der Waals surface area contributed by atoms with Crippen LogP contribution in [0.4, 0.5) is 0 Å². The summed E-state index contributed by atoms with van der Waals surface area (Å²) in [6, 6.07) is 22.7. The summed E-state index contributed by atoms with van der Waals surface area (Å²) < 4.78 is 26.4. The maximum absolute atomic E-state index is 15.1. The molecule has 0 radical (unpaired) electrons. The molecule has 1 aliphatic carbocycles. The van der Waals surface area contributed by atoms with E-state index in [1.807, 2.05) is 84.9 Å². The van der Waals surface area contributed by atoms with E-state index in [-0.39, 0.29) is 25.8 Å². The van der Waals surface area contributed by atoms with Crippen molar-refractivity contribution in [3.05, 3.63) is 105 Å². The van der Waals surface area contributed by atoms with Crippen LogP contribution in [0.5, 0.6) is 0 Å². The van der Waals surface area contributed by atoms with Gasteiger partial charge in [-0.15, -0.1) is 0 Å². The molecule has 57 heavy (non-hydrogen) atoms. The van der Waals surface area contributed by atoms with Crippen molar-refractivity contribution < 1.29 is 53.2 Å². The number of hydroxylamine groups is 2. The summed E-state index contributed by atoms with van der Waals surface area (Å²) in [4.78, 5) is 62.2. The zero-order chi connectivity index (χ0) is 40.7. The van der Waals surface area contributed by atoms with Crippen molar-refractivity contribution in [1.29, 1.82) is 0 Å². The van der Waals surface area contributed by atoms with E-state index < -0.39 is 95.8 Å². The smallest absolute Gasteiger partial charge is 0.327 e. The second kappa shape index (κ2) is 16.4. The number of rotatable bonds is 13. The van der Waals surface area contributed by atoms with Crippen molar-refractivity contribution in [3.63, 3.8) is 0 Å². The highest BCUT2D eigenvalue weighted by Gasteiger charge is 2.76. The summed E-state index contributed by atoms with van der Waals surface area (Å²) in [5.41, 5.74) is -0.191. The highest BCUT2D eigenvalue weighted by atomic mass is 127. The molecule has 3 aliphatic heterocycles. The van der Waals surface area contributed by atoms with Crippen LogP contribution >= 0.6 is 22.6 Å². The Balaban J connectivity index is 1.22. The lowest BCUT2D eigenvalue weighted by atomic mass is 9.62. The molecule has 1 saturated carbocycles. The number of nitrogens with one attached hydrogen (secondary N) is 2. The van der Waals surface area contributed by atoms with Crippen LogP contribution in [0, 0.1) is 8.99 Å². The third kappa shape index (κ3) is 8.07. The molecule has 15 heteroatoms. The van der Waals surface area contributed by atoms with Crippen molar-refractivity contribution in [3.8, 4) is 0 Å². The fraction of sp³-hybridized carbons (Fsp3) is 0.476. The standard InChI is InChI=1S/C42H48IN3O11/c1-24(48)32(37(50)44-29(23-47)18-19-31(49)54-40(2,3)4)45-39(52)41-21-30-33-34(56-42(55-33,26-13-7-5-8-14-26)27-15-9-6-10-16-27)36(41)57-46(35(41)38(51)53-30)22-25-12-11-17-28(43)20-25/h5-17,20,24,29-30,32-36,47-48H,18-19,21-23H2,1-4H3,(H,44,50)(H,45,52). The molecule has 0 aromatic heterocycles. The van der Waals surface area contributed by atoms with Gasteiger partial charge in [0, 0.05) is 27.5 Å². The number of benzene rings is 3. The van der Waals surface area contributed by atoms with Crippen molar-refractivity contribution in [2.45, 2.75) is 114 Å². The van der Waals surface area contributed by atoms with E-state index in [2.05, 4.69) is 33.2 Å². The van der Waals surface area contributed by atoms with Gasteiger partial charge in [-0.2, -0.15) is 5.06 Å². The Morgan fingerprint density at radius 3 is 2.21 bits per heavy atom. The topological polar surface area (TPSA) is 182 Å². The summed E-state index contributed by atoms with van der Waals surface area (Å²) in [5.74, 6) is -4.18. The molecule has 4 fully saturated rings. The zero-order valence-corrected chi connectivity index (χ0v) is 34.3. The van der Waals surface area contributed by atoms with Gasteiger partial charge in [0.05, 0.1) is 25.3 Å². The predicted molar refractivity (Wildman–Crippen MR) is 211 cm³/mol. The van der Waals surface area contributed by atoms with Gasteiger partial charge < -0.3 is 39.8 Å². The van der Waals surface area contributed by atoms with E-state index in [4.69, 9.17) is 23.8 Å². The van der Waals surface area contributed by atoms with Crippen molar-refractivity contribution in [2.24, 2.45) is 5.41 Å². The van der Waals surface area contributed by atoms with Crippen LogP contribution < -0.4 is 10.6 Å². The molecule has 2 bridgehead atoms. The van der Waals surface area contributed by atoms with Gasteiger partial charge in [0.1, 0.15) is 41.5 Å². The Kier molecular flexibility index (Phi) is 11.8. The van der Waals surface area contributed by atoms with Crippen molar-refractivity contribution >= 4 is 46.3 Å². The van der Waals surface area contributed by atoms with E-state index in [9.17, 15) is 24.6 Å². The van der Waals surface area contributed by atoms with Gasteiger partial charge in [0.25, 0.3) is 0 Å². The Morgan fingerprint density at radius 2 is 1.61 bits per heavy atom. The minimum Gasteiger partial charge on any atom is -0.460 e. The van der Waals surface area contributed by atoms with Crippen LogP contribution in [0.25, 0.3) is 0 Å². The van der Waals surface area contributed by atoms with Crippen LogP contribution in [0.3, 0.4) is 0 Å². The van der Waals surface area contributed by atoms with Crippen LogP contribution in [0.2, 0.25) is 0 Å². The number of hydrogen-bond acceptors (Lipinski definition) is 12. The summed E-state index contributed by atoms with van der Waals surface area (Å²) in [7, 11) is 0. The lowest BCUT2D eigenvalue weighted by Gasteiger charge is -2.49. The lowest BCUT2D eigenvalue weighted by Crippen LogP contribution is -2.71. The highest BCUT2D eigenvalue weighted by molar-refractivity contribution is 14.1. The molecule has 2 amide bonds. The number of fused-ring (bicyclic) bond motifs is 4. The van der Waals surface area contributed by atoms with Gasteiger partial charge in [-0.05, 0) is 74.4 Å². The van der Waals surface area contributed by atoms with Gasteiger partial charge in [-0.1, -0.05) is 72.8 Å². The first-order chi connectivity index (χ1) is 27.1. The number of carbonyl (C=O) groups is 4. The fourth-order valence-corrected chi connectivity index (χ4v) is 8.98. The van der Waals surface area contributed by atoms with Crippen molar-refractivity contribution in [1.82, 2.24) is 15.7 Å². The van der Waals surface area contributed by atoms with Crippen LogP contribution in [0.1, 0.15) is 63.6 Å². The Labute approximate surface area is 344 Å². The van der Waals surface area contributed by atoms with Crippen LogP contribution in [0.15, 0.2) is 84.9 Å². The van der Waals surface area contributed by atoms with E-state index in [0.29, 0.717) is 11.1 Å². The van der Waals surface area contributed by atoms with Gasteiger partial charge in [-0.3, -0.25) is 24.0 Å². The molecule has 3 saturated heterocycles. The van der Waals surface area contributed by atoms with E-state index in [1.54, 1.807) is 20.8 Å². The molecule has 3 heterocycles. The number of aliphatic hydroxyl groups is 2. The molecular formula is C42H48IN3O11. The number of esters is 2. The Hall–Kier alpha value is -3.97. The molecule has 304 valence electrons. The summed E-state index contributed by atoms with van der Waals surface area (Å²) >= 11 is 2.20. The van der Waals surface area contributed by atoms with E-state index in [0.717, 1.165) is 9.13 Å². The maximum Gasteiger partial charge on any atom is 0.327 e. The first kappa shape index (κ1) is 41.2. The average Bonchev–Trinajstić information content (AvgIpc) is 3.75. The Morgan fingerprint density at radius 1 is 0.965 bits per heavy atom. The molecule has 4 aliphatic rings. The average molecular weight is 898 g/mol. The minimum absolute atomic E-state index is 0.0315. The number of nitrogens with zero attached hydrogens (tertiary/aromatic N) is 1. The van der Waals surface area contributed by atoms with Crippen molar-refractivity contribution in [2.75, 3.05) is 6.61 Å². The number of ether oxygens (including phenoxy) is 4. The summed E-state index contributed by atoms with van der Waals surface area (Å²) in [6.07, 6.45) is -5.33. The van der Waals surface area contributed by atoms with Gasteiger partial charge in [0.15, 0.2) is 6.04 Å². The quantitative estimate of drug-likeness (QED) is 0.146. The highest BCUT2D eigenvalue weighted by Crippen LogP contribution is 2.59. The van der Waals surface area contributed by atoms with Gasteiger partial charge in [-0.25, -0.2) is 0 Å². The minimum atomic E-state index is -1.67. The second-order valence-corrected chi connectivity index (χ2v) is 17.3. The van der Waals surface area contributed by atoms with E-state index >= 15 is 4.79 Å². The second-order valence-electron chi connectivity index (χ2n) is 16.1. The molecule has 4 N–H and O–H groups in total. The Bertz CT molecular complexity index is 1920. The molecule has 9 atom stereocenters. The summed E-state index contributed by atoms with van der Waals surface area (Å²) in [5, 5.41) is 27.9. The number of aliphatic hydroxyl groups excluding tert-OH is 2. The molecule has 9 unspecified atom stereocenters. The number of hydrogen-bond donors (Lipinski definition) is 4. The molecule has 0 spiro atoms. The van der Waals surface area contributed by atoms with Crippen LogP contribution in [-0.2, 0) is 55.3 Å². The lowest BCUT2D eigenvalue weighted by molar-refractivity contribution is -0.213. The third-order valence-electron chi connectivity index (χ3n) is 10.8. The van der Waals surface area contributed by atoms with Gasteiger partial charge >= 0.3 is 11.9 Å². The first-order valence-electron chi connectivity index (χ1n) is 19.1. The molecular weight excluding hydrogens is 849 g/mol.